The third kappa shape index (κ3) is 4.28. The summed E-state index contributed by atoms with van der Waals surface area (Å²) in [6.45, 7) is 4.18. The Labute approximate surface area is 179 Å². The average molecular weight is 410 g/mol. The van der Waals surface area contributed by atoms with Crippen LogP contribution in [0, 0.1) is 0 Å². The van der Waals surface area contributed by atoms with Crippen LogP contribution in [0.2, 0.25) is 0 Å². The first-order valence-electron chi connectivity index (χ1n) is 9.98. The summed E-state index contributed by atoms with van der Waals surface area (Å²) in [7, 11) is 0. The van der Waals surface area contributed by atoms with Gasteiger partial charge in [0.2, 0.25) is 11.7 Å². The topological polar surface area (TPSA) is 102 Å². The molecule has 0 unspecified atom stereocenters. The highest BCUT2D eigenvalue weighted by molar-refractivity contribution is 6.08. The monoisotopic (exact) mass is 410 g/mol. The van der Waals surface area contributed by atoms with Gasteiger partial charge in [0.25, 0.3) is 0 Å². The normalized spacial score (nSPS) is 11.5. The van der Waals surface area contributed by atoms with E-state index in [0.29, 0.717) is 17.2 Å². The molecular formula is C25H22N4O2. The van der Waals surface area contributed by atoms with Crippen LogP contribution in [0.15, 0.2) is 67.1 Å². The van der Waals surface area contributed by atoms with Crippen molar-refractivity contribution in [3.05, 3.63) is 89.5 Å². The molecule has 4 aromatic rings. The summed E-state index contributed by atoms with van der Waals surface area (Å²) in [5.41, 5.74) is 10.7. The number of fused-ring (bicyclic) bond motifs is 1. The number of pyridine rings is 2. The summed E-state index contributed by atoms with van der Waals surface area (Å²) in [5, 5.41) is 0.879. The smallest absolute Gasteiger partial charge is 0.241 e. The zero-order valence-corrected chi connectivity index (χ0v) is 17.3. The minimum atomic E-state index is -0.507. The molecule has 0 aliphatic rings. The van der Waals surface area contributed by atoms with E-state index in [1.54, 1.807) is 42.9 Å². The Morgan fingerprint density at radius 3 is 2.42 bits per heavy atom. The molecule has 3 N–H and O–H groups in total. The fourth-order valence-corrected chi connectivity index (χ4v) is 3.33. The van der Waals surface area contributed by atoms with Crippen molar-refractivity contribution in [2.75, 3.05) is 0 Å². The van der Waals surface area contributed by atoms with Gasteiger partial charge in [-0.05, 0) is 35.3 Å². The number of nitrogens with one attached hydrogen (secondary N) is 1. The van der Waals surface area contributed by atoms with Crippen molar-refractivity contribution in [2.45, 2.75) is 19.8 Å². The molecular weight excluding hydrogens is 388 g/mol. The Bertz CT molecular complexity index is 1280. The van der Waals surface area contributed by atoms with Gasteiger partial charge >= 0.3 is 0 Å². The van der Waals surface area contributed by atoms with Crippen molar-refractivity contribution >= 4 is 28.8 Å². The number of aromatic amines is 1. The maximum Gasteiger partial charge on any atom is 0.241 e. The van der Waals surface area contributed by atoms with Gasteiger partial charge in [-0.3, -0.25) is 14.6 Å². The lowest BCUT2D eigenvalue weighted by atomic mass is 10.0. The van der Waals surface area contributed by atoms with Crippen LogP contribution >= 0.6 is 0 Å². The SMILES string of the molecule is CC(C)c1ccc(C(=O)c2ccc(-c3cnc4[nH]cc(/C=C/C(N)=O)c4c3)cc2)nc1. The number of carbonyl (C=O) groups excluding carboxylic acids is 2. The number of carbonyl (C=O) groups is 2. The number of hydrogen-bond acceptors (Lipinski definition) is 4. The first kappa shape index (κ1) is 20.2. The maximum absolute atomic E-state index is 12.8. The van der Waals surface area contributed by atoms with Crippen molar-refractivity contribution in [3.63, 3.8) is 0 Å². The molecule has 1 amide bonds. The maximum atomic E-state index is 12.8. The highest BCUT2D eigenvalue weighted by Crippen LogP contribution is 2.26. The van der Waals surface area contributed by atoms with Crippen LogP contribution in [-0.4, -0.2) is 26.6 Å². The second kappa shape index (κ2) is 8.36. The van der Waals surface area contributed by atoms with Crippen molar-refractivity contribution in [1.82, 2.24) is 15.0 Å². The number of hydrogen-bond donors (Lipinski definition) is 2. The second-order valence-electron chi connectivity index (χ2n) is 7.64. The molecule has 0 aliphatic carbocycles. The van der Waals surface area contributed by atoms with E-state index < -0.39 is 5.91 Å². The van der Waals surface area contributed by atoms with Crippen LogP contribution in [-0.2, 0) is 4.79 Å². The van der Waals surface area contributed by atoms with E-state index in [4.69, 9.17) is 5.73 Å². The van der Waals surface area contributed by atoms with E-state index >= 15 is 0 Å². The average Bonchev–Trinajstić information content (AvgIpc) is 3.19. The van der Waals surface area contributed by atoms with E-state index in [1.165, 1.54) is 6.08 Å². The predicted molar refractivity (Wildman–Crippen MR) is 122 cm³/mol. The number of benzene rings is 1. The lowest BCUT2D eigenvalue weighted by molar-refractivity contribution is -0.113. The van der Waals surface area contributed by atoms with E-state index in [-0.39, 0.29) is 5.78 Å². The third-order valence-electron chi connectivity index (χ3n) is 5.16. The summed E-state index contributed by atoms with van der Waals surface area (Å²) in [6, 6.07) is 13.1. The molecule has 0 fully saturated rings. The predicted octanol–water partition coefficient (Wildman–Crippen LogP) is 4.48. The van der Waals surface area contributed by atoms with Crippen molar-refractivity contribution in [3.8, 4) is 11.1 Å². The summed E-state index contributed by atoms with van der Waals surface area (Å²) >= 11 is 0. The Hall–Kier alpha value is -4.06. The standard InChI is InChI=1S/C25H22N4O2/c1-15(2)18-7-9-22(27-12-18)24(31)17-5-3-16(4-6-17)20-11-21-19(8-10-23(26)30)13-28-25(21)29-14-20/h3-15H,1-2H3,(H2,26,30)(H,28,29)/b10-8+. The Balaban J connectivity index is 1.60. The number of rotatable bonds is 6. The molecule has 0 saturated carbocycles. The highest BCUT2D eigenvalue weighted by Gasteiger charge is 2.12. The Kier molecular flexibility index (Phi) is 5.45. The number of ketones is 1. The number of nitrogens with zero attached hydrogens (tertiary/aromatic N) is 2. The molecule has 3 aromatic heterocycles. The van der Waals surface area contributed by atoms with Gasteiger partial charge in [0, 0.05) is 46.7 Å². The molecule has 0 saturated heterocycles. The molecule has 0 bridgehead atoms. The Morgan fingerprint density at radius 1 is 1.00 bits per heavy atom. The molecule has 3 heterocycles. The lowest BCUT2D eigenvalue weighted by Gasteiger charge is -2.07. The number of nitrogens with two attached hydrogens (primary N) is 1. The fourth-order valence-electron chi connectivity index (χ4n) is 3.33. The van der Waals surface area contributed by atoms with Crippen molar-refractivity contribution in [2.24, 2.45) is 5.73 Å². The fraction of sp³-hybridized carbons (Fsp3) is 0.120. The highest BCUT2D eigenvalue weighted by atomic mass is 16.1. The second-order valence-corrected chi connectivity index (χ2v) is 7.64. The molecule has 0 atom stereocenters. The van der Waals surface area contributed by atoms with Gasteiger partial charge in [0.1, 0.15) is 11.3 Å². The van der Waals surface area contributed by atoms with Gasteiger partial charge in [0.15, 0.2) is 0 Å². The molecule has 4 rings (SSSR count). The number of aromatic nitrogens is 3. The van der Waals surface area contributed by atoms with Crippen molar-refractivity contribution < 1.29 is 9.59 Å². The number of amides is 1. The summed E-state index contributed by atoms with van der Waals surface area (Å²) in [6.07, 6.45) is 8.28. The third-order valence-corrected chi connectivity index (χ3v) is 5.16. The van der Waals surface area contributed by atoms with E-state index in [0.717, 1.165) is 33.3 Å². The molecule has 6 heteroatoms. The minimum absolute atomic E-state index is 0.111. The van der Waals surface area contributed by atoms with Crippen LogP contribution < -0.4 is 5.73 Å². The number of H-pyrrole nitrogens is 1. The van der Waals surface area contributed by atoms with Crippen LogP contribution in [0.4, 0.5) is 0 Å². The van der Waals surface area contributed by atoms with Gasteiger partial charge in [-0.1, -0.05) is 44.2 Å². The lowest BCUT2D eigenvalue weighted by Crippen LogP contribution is -2.05. The minimum Gasteiger partial charge on any atom is -0.366 e. The zero-order valence-electron chi connectivity index (χ0n) is 17.3. The summed E-state index contributed by atoms with van der Waals surface area (Å²) in [4.78, 5) is 35.6. The number of primary amides is 1. The Morgan fingerprint density at radius 2 is 1.77 bits per heavy atom. The molecule has 6 nitrogen and oxygen atoms in total. The largest absolute Gasteiger partial charge is 0.366 e. The van der Waals surface area contributed by atoms with Crippen LogP contribution in [0.25, 0.3) is 28.2 Å². The van der Waals surface area contributed by atoms with Crippen molar-refractivity contribution in [1.29, 1.82) is 0 Å². The molecule has 0 spiro atoms. The summed E-state index contributed by atoms with van der Waals surface area (Å²) < 4.78 is 0. The van der Waals surface area contributed by atoms with Gasteiger partial charge < -0.3 is 10.7 Å². The van der Waals surface area contributed by atoms with E-state index in [2.05, 4.69) is 28.8 Å². The first-order valence-corrected chi connectivity index (χ1v) is 9.98. The van der Waals surface area contributed by atoms with Gasteiger partial charge in [-0.25, -0.2) is 4.98 Å². The zero-order chi connectivity index (χ0) is 22.0. The molecule has 0 aliphatic heterocycles. The van der Waals surface area contributed by atoms with Gasteiger partial charge in [-0.2, -0.15) is 0 Å². The van der Waals surface area contributed by atoms with Crippen LogP contribution in [0.3, 0.4) is 0 Å². The molecule has 31 heavy (non-hydrogen) atoms. The first-order chi connectivity index (χ1) is 14.9. The van der Waals surface area contributed by atoms with Gasteiger partial charge in [-0.15, -0.1) is 0 Å². The van der Waals surface area contributed by atoms with Crippen LogP contribution in [0.5, 0.6) is 0 Å². The van der Waals surface area contributed by atoms with E-state index in [9.17, 15) is 9.59 Å². The van der Waals surface area contributed by atoms with Crippen LogP contribution in [0.1, 0.15) is 46.9 Å². The molecule has 154 valence electrons. The van der Waals surface area contributed by atoms with Gasteiger partial charge in [0.05, 0.1) is 0 Å². The van der Waals surface area contributed by atoms with E-state index in [1.807, 2.05) is 24.3 Å². The molecule has 0 radical (unpaired) electrons. The quantitative estimate of drug-likeness (QED) is 0.361. The molecule has 1 aromatic carbocycles. The summed E-state index contributed by atoms with van der Waals surface area (Å²) in [5.74, 6) is -0.249.